The minimum Gasteiger partial charge on any atom is -0.488 e. The number of carbonyl (C=O) groups excluding carboxylic acids is 2. The Labute approximate surface area is 384 Å². The van der Waals surface area contributed by atoms with Crippen LogP contribution in [0.5, 0.6) is 5.75 Å². The fourth-order valence-electron chi connectivity index (χ4n) is 8.68. The number of anilines is 3. The zero-order valence-corrected chi connectivity index (χ0v) is 38.0. The fraction of sp³-hybridized carbons (Fsp3) is 0.417. The molecular formula is C48H58F2N8O6S. The van der Waals surface area contributed by atoms with Gasteiger partial charge in [-0.3, -0.25) is 14.6 Å². The van der Waals surface area contributed by atoms with Gasteiger partial charge in [0.2, 0.25) is 5.91 Å². The molecule has 0 aliphatic carbocycles. The van der Waals surface area contributed by atoms with Crippen molar-refractivity contribution in [1.29, 1.82) is 0 Å². The van der Waals surface area contributed by atoms with Crippen LogP contribution in [0, 0.1) is 11.6 Å². The summed E-state index contributed by atoms with van der Waals surface area (Å²) in [6, 6.07) is 26.0. The average Bonchev–Trinajstić information content (AvgIpc) is 4.03. The maximum absolute atomic E-state index is 15.0. The monoisotopic (exact) mass is 912 g/mol. The standard InChI is InChI=1S/C41H51F2N7O5.C7H7NOS/c1-4-5-6-7-18-41(52)26-49(39(51)50(41)30(2)3)34-11-9-32(10-12-34)46-19-21-47(22-20-46)33-13-15-35(16-14-33)53-24-38-54-27-40(55-38,25-48-29-44-28-45-48)36-17-8-31(42)23-37(36)43;8-7(9)5-3-1-2-4-6(5)10/h8-17,23,28-30,38,52H,4-7,18-22,24-27H2,1-3H3;1-4,10H,(H2,8,9)/t38-,40+,41?;/m0./s1. The molecule has 4 aromatic carbocycles. The number of primary amides is 1. The van der Waals surface area contributed by atoms with Crippen LogP contribution in [-0.4, -0.2) is 101 Å². The van der Waals surface area contributed by atoms with Crippen molar-refractivity contribution in [3.63, 3.8) is 0 Å². The molecule has 0 radical (unpaired) electrons. The van der Waals surface area contributed by atoms with E-state index in [1.54, 1.807) is 34.1 Å². The van der Waals surface area contributed by atoms with Gasteiger partial charge >= 0.3 is 6.03 Å². The number of halogens is 2. The molecule has 3 saturated heterocycles. The number of hydrogen-bond donors (Lipinski definition) is 3. The molecule has 346 valence electrons. The number of ether oxygens (including phenoxy) is 3. The first-order chi connectivity index (χ1) is 31.3. The molecule has 0 saturated carbocycles. The third-order valence-corrected chi connectivity index (χ3v) is 12.4. The van der Waals surface area contributed by atoms with Crippen molar-refractivity contribution in [3.8, 4) is 5.75 Å². The van der Waals surface area contributed by atoms with Crippen LogP contribution in [0.25, 0.3) is 0 Å². The molecule has 3 aliphatic rings. The van der Waals surface area contributed by atoms with E-state index in [0.29, 0.717) is 22.6 Å². The van der Waals surface area contributed by atoms with E-state index in [2.05, 4.69) is 51.6 Å². The largest absolute Gasteiger partial charge is 0.488 e. The average molecular weight is 913 g/mol. The van der Waals surface area contributed by atoms with Crippen molar-refractivity contribution in [2.45, 2.75) is 88.0 Å². The summed E-state index contributed by atoms with van der Waals surface area (Å²) in [4.78, 5) is 36.7. The number of nitrogens with zero attached hydrogens (tertiary/aromatic N) is 7. The minimum atomic E-state index is -1.24. The maximum atomic E-state index is 15.0. The van der Waals surface area contributed by atoms with E-state index >= 15 is 0 Å². The van der Waals surface area contributed by atoms with Gasteiger partial charge < -0.3 is 34.9 Å². The predicted molar refractivity (Wildman–Crippen MR) is 247 cm³/mol. The number of rotatable bonds is 16. The van der Waals surface area contributed by atoms with Crippen molar-refractivity contribution in [2.75, 3.05) is 60.6 Å². The van der Waals surface area contributed by atoms with Crippen molar-refractivity contribution in [1.82, 2.24) is 19.7 Å². The van der Waals surface area contributed by atoms with Gasteiger partial charge in [0.05, 0.1) is 25.3 Å². The van der Waals surface area contributed by atoms with Gasteiger partial charge in [-0.25, -0.2) is 23.2 Å². The second-order valence-corrected chi connectivity index (χ2v) is 17.4. The molecule has 8 rings (SSSR count). The van der Waals surface area contributed by atoms with Crippen molar-refractivity contribution in [3.05, 3.63) is 126 Å². The molecular weight excluding hydrogens is 855 g/mol. The first kappa shape index (κ1) is 47.2. The summed E-state index contributed by atoms with van der Waals surface area (Å²) in [6.45, 7) is 9.91. The van der Waals surface area contributed by atoms with Crippen LogP contribution in [0.15, 0.2) is 109 Å². The van der Waals surface area contributed by atoms with Crippen LogP contribution in [-0.2, 0) is 21.6 Å². The third-order valence-electron chi connectivity index (χ3n) is 12.0. The lowest BCUT2D eigenvalue weighted by Gasteiger charge is -2.37. The quantitative estimate of drug-likeness (QED) is 0.0667. The van der Waals surface area contributed by atoms with Crippen LogP contribution in [0.4, 0.5) is 30.6 Å². The number of thiol groups is 1. The normalized spacial score (nSPS) is 20.9. The molecule has 0 bridgehead atoms. The molecule has 14 nitrogen and oxygen atoms in total. The van der Waals surface area contributed by atoms with E-state index in [0.717, 1.165) is 75.0 Å². The number of carbonyl (C=O) groups is 2. The Hall–Kier alpha value is -5.75. The molecule has 3 atom stereocenters. The molecule has 5 aromatic rings. The lowest BCUT2D eigenvalue weighted by molar-refractivity contribution is -0.117. The van der Waals surface area contributed by atoms with Gasteiger partial charge in [0.1, 0.15) is 42.2 Å². The van der Waals surface area contributed by atoms with Gasteiger partial charge in [-0.2, -0.15) is 5.10 Å². The number of β-amino-alcohol motifs (C(OH)–C–C–N with tert-alkyl or cyclic N) is 1. The van der Waals surface area contributed by atoms with E-state index in [9.17, 15) is 23.5 Å². The van der Waals surface area contributed by atoms with E-state index in [1.165, 1.54) is 29.5 Å². The van der Waals surface area contributed by atoms with Crippen LogP contribution >= 0.6 is 12.6 Å². The van der Waals surface area contributed by atoms with Crippen LogP contribution in [0.2, 0.25) is 0 Å². The summed E-state index contributed by atoms with van der Waals surface area (Å²) in [5.41, 5.74) is 6.23. The number of amides is 3. The van der Waals surface area contributed by atoms with Gasteiger partial charge in [-0.1, -0.05) is 44.4 Å². The molecule has 4 heterocycles. The van der Waals surface area contributed by atoms with E-state index < -0.39 is 35.2 Å². The summed E-state index contributed by atoms with van der Waals surface area (Å²) in [5.74, 6) is -1.20. The summed E-state index contributed by atoms with van der Waals surface area (Å²) >= 11 is 4.04. The Morgan fingerprint density at radius 3 is 2.18 bits per heavy atom. The second-order valence-electron chi connectivity index (χ2n) is 16.9. The first-order valence-electron chi connectivity index (χ1n) is 22.1. The Bertz CT molecular complexity index is 2350. The summed E-state index contributed by atoms with van der Waals surface area (Å²) in [6.07, 6.45) is 6.86. The molecule has 3 N–H and O–H groups in total. The zero-order chi connectivity index (χ0) is 46.1. The van der Waals surface area contributed by atoms with Gasteiger partial charge in [0.25, 0.3) is 0 Å². The topological polar surface area (TPSA) is 152 Å². The zero-order valence-electron chi connectivity index (χ0n) is 37.1. The number of unbranched alkanes of at least 4 members (excludes halogenated alkanes) is 3. The summed E-state index contributed by atoms with van der Waals surface area (Å²) < 4.78 is 48.4. The predicted octanol–water partition coefficient (Wildman–Crippen LogP) is 7.61. The van der Waals surface area contributed by atoms with Crippen LogP contribution < -0.4 is 25.2 Å². The molecule has 1 aromatic heterocycles. The van der Waals surface area contributed by atoms with Crippen molar-refractivity contribution in [2.24, 2.45) is 5.73 Å². The number of hydrogen-bond acceptors (Lipinski definition) is 11. The number of aliphatic hydroxyl groups is 1. The molecule has 65 heavy (non-hydrogen) atoms. The van der Waals surface area contributed by atoms with Crippen LogP contribution in [0.1, 0.15) is 68.8 Å². The molecule has 1 unspecified atom stereocenters. The highest BCUT2D eigenvalue weighted by Crippen LogP contribution is 2.38. The number of nitrogens with two attached hydrogens (primary N) is 1. The lowest BCUT2D eigenvalue weighted by atomic mass is 9.94. The third kappa shape index (κ3) is 11.2. The number of urea groups is 1. The number of benzene rings is 4. The van der Waals surface area contributed by atoms with Gasteiger partial charge in [0.15, 0.2) is 12.0 Å². The van der Waals surface area contributed by atoms with Gasteiger partial charge in [-0.05, 0) is 93.4 Å². The Kier molecular flexibility index (Phi) is 15.3. The Balaban J connectivity index is 0.000000558. The van der Waals surface area contributed by atoms with E-state index in [1.807, 2.05) is 50.2 Å². The molecule has 3 fully saturated rings. The number of aromatic nitrogens is 3. The maximum Gasteiger partial charge on any atom is 0.327 e. The van der Waals surface area contributed by atoms with E-state index in [4.69, 9.17) is 19.9 Å². The van der Waals surface area contributed by atoms with Crippen molar-refractivity contribution < 1.29 is 37.7 Å². The number of piperazine rings is 1. The highest BCUT2D eigenvalue weighted by molar-refractivity contribution is 7.80. The molecule has 3 amide bonds. The molecule has 0 spiro atoms. The van der Waals surface area contributed by atoms with Crippen molar-refractivity contribution >= 4 is 41.6 Å². The molecule has 17 heteroatoms. The summed E-state index contributed by atoms with van der Waals surface area (Å²) in [7, 11) is 0. The fourth-order valence-corrected chi connectivity index (χ4v) is 8.95. The van der Waals surface area contributed by atoms with Gasteiger partial charge in [-0.15, -0.1) is 12.6 Å². The lowest BCUT2D eigenvalue weighted by Crippen LogP contribution is -2.50. The van der Waals surface area contributed by atoms with Crippen LogP contribution in [0.3, 0.4) is 0 Å². The highest BCUT2D eigenvalue weighted by Gasteiger charge is 2.50. The van der Waals surface area contributed by atoms with Gasteiger partial charge in [0, 0.05) is 65.8 Å². The SMILES string of the molecule is CCCCCCC1(O)CN(c2ccc(N3CCN(c4ccc(OC[C@H]5OC[C@](Cn6cncn6)(c6ccc(F)cc6F)O5)cc4)CC3)cc2)C(=O)N1C(C)C.NC(=O)c1ccccc1S. The smallest absolute Gasteiger partial charge is 0.327 e. The molecule has 3 aliphatic heterocycles. The Morgan fingerprint density at radius 1 is 0.938 bits per heavy atom. The van der Waals surface area contributed by atoms with E-state index in [-0.39, 0.29) is 43.9 Å². The Morgan fingerprint density at radius 2 is 1.60 bits per heavy atom. The highest BCUT2D eigenvalue weighted by atomic mass is 32.1. The second kappa shape index (κ2) is 21.0. The minimum absolute atomic E-state index is 0.0251. The first-order valence-corrected chi connectivity index (χ1v) is 22.5. The summed E-state index contributed by atoms with van der Waals surface area (Å²) in [5, 5.41) is 15.7.